The van der Waals surface area contributed by atoms with E-state index in [9.17, 15) is 9.59 Å². The number of allylic oxidation sites excluding steroid dienone is 5. The van der Waals surface area contributed by atoms with Crippen LogP contribution in [-0.4, -0.2) is 45.5 Å². The van der Waals surface area contributed by atoms with Gasteiger partial charge in [0.1, 0.15) is 4.70 Å². The molecule has 2 aromatic heterocycles. The second-order valence-electron chi connectivity index (χ2n) is 10.8. The summed E-state index contributed by atoms with van der Waals surface area (Å²) in [6, 6.07) is 10.2. The van der Waals surface area contributed by atoms with Gasteiger partial charge in [0, 0.05) is 54.6 Å². The van der Waals surface area contributed by atoms with Gasteiger partial charge < -0.3 is 19.4 Å². The van der Waals surface area contributed by atoms with E-state index in [0.29, 0.717) is 35.0 Å². The van der Waals surface area contributed by atoms with Crippen LogP contribution in [0.15, 0.2) is 85.0 Å². The van der Waals surface area contributed by atoms with Crippen LogP contribution < -0.4 is 15.6 Å². The monoisotopic (exact) mass is 585 g/mol. The summed E-state index contributed by atoms with van der Waals surface area (Å²) in [4.78, 5) is 31.5. The number of carbonyl (C=O) groups excluding carboxylic acids is 1. The number of unbranched alkanes of at least 4 members (excludes halogenated alkanes) is 1. The molecule has 2 aliphatic rings. The number of fused-ring (bicyclic) bond motifs is 1. The van der Waals surface area contributed by atoms with Crippen molar-refractivity contribution in [2.24, 2.45) is 4.99 Å². The fraction of sp³-hybridized carbons (Fsp3) is 0.382. The van der Waals surface area contributed by atoms with Gasteiger partial charge in [-0.1, -0.05) is 36.4 Å². The van der Waals surface area contributed by atoms with E-state index in [1.807, 2.05) is 24.6 Å². The summed E-state index contributed by atoms with van der Waals surface area (Å²) >= 11 is 1.44. The second-order valence-corrected chi connectivity index (χ2v) is 11.6. The Kier molecular flexibility index (Phi) is 10.2. The minimum absolute atomic E-state index is 0.00713. The van der Waals surface area contributed by atoms with Gasteiger partial charge in [-0.05, 0) is 74.6 Å². The van der Waals surface area contributed by atoms with Crippen LogP contribution in [0.5, 0.6) is 0 Å². The number of carbonyl (C=O) groups is 1. The van der Waals surface area contributed by atoms with Crippen LogP contribution in [-0.2, 0) is 16.0 Å². The summed E-state index contributed by atoms with van der Waals surface area (Å²) in [5, 5.41) is 4.70. The van der Waals surface area contributed by atoms with E-state index in [2.05, 4.69) is 46.6 Å². The van der Waals surface area contributed by atoms with Gasteiger partial charge in [0.2, 0.25) is 11.3 Å². The molecule has 220 valence electrons. The fourth-order valence-electron chi connectivity index (χ4n) is 5.25. The average molecular weight is 586 g/mol. The highest BCUT2D eigenvalue weighted by atomic mass is 32.1. The molecular weight excluding hydrogens is 546 g/mol. The van der Waals surface area contributed by atoms with Crippen LogP contribution in [0.2, 0.25) is 0 Å². The maximum absolute atomic E-state index is 12.8. The Hall–Kier alpha value is -3.75. The molecule has 0 bridgehead atoms. The number of morpholine rings is 1. The number of rotatable bonds is 9. The van der Waals surface area contributed by atoms with Crippen LogP contribution in [0, 0.1) is 0 Å². The highest BCUT2D eigenvalue weighted by molar-refractivity contribution is 7.17. The molecule has 5 rings (SSSR count). The number of nitrogens with zero attached hydrogens (tertiary/aromatic N) is 2. The third-order valence-electron chi connectivity index (χ3n) is 7.68. The van der Waals surface area contributed by atoms with E-state index in [4.69, 9.17) is 14.1 Å². The van der Waals surface area contributed by atoms with E-state index >= 15 is 0 Å². The van der Waals surface area contributed by atoms with E-state index in [1.54, 1.807) is 13.1 Å². The van der Waals surface area contributed by atoms with Gasteiger partial charge in [-0.3, -0.25) is 14.6 Å². The quantitative estimate of drug-likeness (QED) is 0.220. The number of likely N-dealkylation sites (N-methyl/N-ethyl adjacent to an activating group) is 1. The summed E-state index contributed by atoms with van der Waals surface area (Å²) in [6.45, 7) is 4.55. The van der Waals surface area contributed by atoms with Gasteiger partial charge in [0.15, 0.2) is 11.5 Å². The molecule has 0 atom stereocenters. The summed E-state index contributed by atoms with van der Waals surface area (Å²) in [5.41, 5.74) is 6.77. The largest absolute Gasteiger partial charge is 0.439 e. The average Bonchev–Trinajstić information content (AvgIpc) is 3.49. The molecule has 1 amide bonds. The van der Waals surface area contributed by atoms with Gasteiger partial charge in [-0.15, -0.1) is 11.3 Å². The molecule has 7 nitrogen and oxygen atoms in total. The first-order valence-electron chi connectivity index (χ1n) is 14.8. The van der Waals surface area contributed by atoms with E-state index in [0.717, 1.165) is 80.4 Å². The molecule has 0 unspecified atom stereocenters. The maximum Gasteiger partial charge on any atom is 0.246 e. The molecule has 2 aliphatic heterocycles. The van der Waals surface area contributed by atoms with Crippen molar-refractivity contribution in [3.05, 3.63) is 86.6 Å². The molecule has 8 heteroatoms. The molecule has 1 N–H and O–H groups in total. The Morgan fingerprint density at radius 3 is 2.64 bits per heavy atom. The lowest BCUT2D eigenvalue weighted by molar-refractivity contribution is -0.116. The molecular formula is C34H39N3O4S. The number of thiophene rings is 1. The third-order valence-corrected chi connectivity index (χ3v) is 8.66. The molecule has 0 saturated carbocycles. The van der Waals surface area contributed by atoms with Crippen LogP contribution in [0.1, 0.15) is 51.0 Å². The number of ether oxygens (including phenoxy) is 1. The van der Waals surface area contributed by atoms with Crippen LogP contribution >= 0.6 is 11.3 Å². The van der Waals surface area contributed by atoms with Gasteiger partial charge in [-0.25, -0.2) is 0 Å². The SMILES string of the molecule is CNC(=O)/C(C)=C/C1=CCCC/C=C(CCCCc2ccc(-c3csc4c(=O)cc(N5CCOCC5)oc34)cc2)\N=C/1. The lowest BCUT2D eigenvalue weighted by atomic mass is 10.0. The smallest absolute Gasteiger partial charge is 0.246 e. The number of benzene rings is 1. The van der Waals surface area contributed by atoms with Crippen molar-refractivity contribution in [3.8, 4) is 11.1 Å². The lowest BCUT2D eigenvalue weighted by Gasteiger charge is -2.27. The van der Waals surface area contributed by atoms with Crippen molar-refractivity contribution in [3.63, 3.8) is 0 Å². The molecule has 3 aromatic rings. The topological polar surface area (TPSA) is 84.1 Å². The zero-order valence-electron chi connectivity index (χ0n) is 24.5. The van der Waals surface area contributed by atoms with Gasteiger partial charge >= 0.3 is 0 Å². The summed E-state index contributed by atoms with van der Waals surface area (Å²) in [5.74, 6) is 0.551. The Balaban J connectivity index is 1.18. The minimum atomic E-state index is -0.0684. The normalized spacial score (nSPS) is 18.4. The highest BCUT2D eigenvalue weighted by Crippen LogP contribution is 2.35. The van der Waals surface area contributed by atoms with Crippen LogP contribution in [0.3, 0.4) is 0 Å². The number of anilines is 1. The molecule has 1 fully saturated rings. The molecule has 1 saturated heterocycles. The fourth-order valence-corrected chi connectivity index (χ4v) is 6.16. The van der Waals surface area contributed by atoms with Gasteiger partial charge in [0.05, 0.1) is 13.2 Å². The minimum Gasteiger partial charge on any atom is -0.439 e. The predicted octanol–water partition coefficient (Wildman–Crippen LogP) is 6.83. The maximum atomic E-state index is 12.8. The first-order valence-corrected chi connectivity index (χ1v) is 15.7. The molecule has 0 radical (unpaired) electrons. The molecule has 0 spiro atoms. The zero-order valence-corrected chi connectivity index (χ0v) is 25.3. The predicted molar refractivity (Wildman–Crippen MR) is 173 cm³/mol. The van der Waals surface area contributed by atoms with E-state index in [1.165, 1.54) is 16.9 Å². The summed E-state index contributed by atoms with van der Waals surface area (Å²) in [7, 11) is 1.65. The second kappa shape index (κ2) is 14.4. The van der Waals surface area contributed by atoms with Crippen molar-refractivity contribution in [2.75, 3.05) is 38.3 Å². The Morgan fingerprint density at radius 1 is 1.10 bits per heavy atom. The van der Waals surface area contributed by atoms with Crippen LogP contribution in [0.25, 0.3) is 21.4 Å². The standard InChI is InChI=1S/C34H39N3O4S/c1-24(34(39)35-2)20-26-9-4-3-5-10-28(36-22-26)11-7-6-8-25-12-14-27(15-13-25)29-23-42-33-30(38)21-31(41-32(29)33)37-16-18-40-19-17-37/h9-10,12-15,20-23H,3-8,11,16-19H2,1-2H3,(H,35,39)/b24-20+,26-9?,28-10-,36-22-. The first-order chi connectivity index (χ1) is 20.5. The molecule has 4 heterocycles. The van der Waals surface area contributed by atoms with Crippen molar-refractivity contribution in [1.82, 2.24) is 5.32 Å². The molecule has 42 heavy (non-hydrogen) atoms. The third kappa shape index (κ3) is 7.55. The number of aliphatic imine (C=N–C) groups is 1. The van der Waals surface area contributed by atoms with Crippen molar-refractivity contribution in [2.45, 2.75) is 51.9 Å². The Labute approximate surface area is 251 Å². The Morgan fingerprint density at radius 2 is 1.86 bits per heavy atom. The van der Waals surface area contributed by atoms with E-state index in [-0.39, 0.29) is 11.3 Å². The number of aryl methyl sites for hydroxylation is 1. The lowest BCUT2D eigenvalue weighted by Crippen LogP contribution is -2.36. The summed E-state index contributed by atoms with van der Waals surface area (Å²) < 4.78 is 12.4. The Bertz CT molecular complexity index is 1570. The first kappa shape index (κ1) is 29.7. The zero-order chi connectivity index (χ0) is 29.3. The highest BCUT2D eigenvalue weighted by Gasteiger charge is 2.18. The molecule has 1 aromatic carbocycles. The van der Waals surface area contributed by atoms with Crippen molar-refractivity contribution < 1.29 is 13.9 Å². The molecule has 0 aliphatic carbocycles. The van der Waals surface area contributed by atoms with Crippen molar-refractivity contribution >= 4 is 39.6 Å². The number of hydrogen-bond acceptors (Lipinski definition) is 7. The summed E-state index contributed by atoms with van der Waals surface area (Å²) in [6.07, 6.45) is 15.3. The van der Waals surface area contributed by atoms with Gasteiger partial charge in [-0.2, -0.15) is 0 Å². The number of amides is 1. The van der Waals surface area contributed by atoms with Gasteiger partial charge in [0.25, 0.3) is 0 Å². The number of nitrogens with one attached hydrogen (secondary N) is 1. The van der Waals surface area contributed by atoms with E-state index < -0.39 is 0 Å². The number of hydrogen-bond donors (Lipinski definition) is 1. The van der Waals surface area contributed by atoms with Crippen molar-refractivity contribution in [1.29, 1.82) is 0 Å². The van der Waals surface area contributed by atoms with Crippen LogP contribution in [0.4, 0.5) is 5.88 Å².